The molecule has 0 saturated carbocycles. The number of esters is 1. The fourth-order valence-corrected chi connectivity index (χ4v) is 8.38. The molecule has 4 atom stereocenters. The first kappa shape index (κ1) is 22.7. The highest BCUT2D eigenvalue weighted by molar-refractivity contribution is 9.10. The normalized spacial score (nSPS) is 27.3. The van der Waals surface area contributed by atoms with Crippen molar-refractivity contribution in [2.24, 2.45) is 0 Å². The molecule has 2 saturated heterocycles. The van der Waals surface area contributed by atoms with E-state index in [1.165, 1.54) is 24.0 Å². The molecule has 0 aliphatic carbocycles. The molecule has 2 aliphatic heterocycles. The molecule has 3 heterocycles. The van der Waals surface area contributed by atoms with Gasteiger partial charge in [-0.1, -0.05) is 81.8 Å². The SMILES string of the molecule is C[C@]1(Cn2ccnn2)[C@H](C(=O)OC(c2ccccc2)c2ccccc2)N2C(=O)[C@@H](Br)[C@H]2S1(=O)=O. The minimum Gasteiger partial charge on any atom is -0.451 e. The molecule has 3 aromatic rings. The molecule has 1 amide bonds. The van der Waals surface area contributed by atoms with E-state index in [0.29, 0.717) is 0 Å². The summed E-state index contributed by atoms with van der Waals surface area (Å²) in [4.78, 5) is 26.7. The Morgan fingerprint density at radius 3 is 2.24 bits per heavy atom. The van der Waals surface area contributed by atoms with Crippen molar-refractivity contribution < 1.29 is 22.7 Å². The van der Waals surface area contributed by atoms with Crippen molar-refractivity contribution in [3.63, 3.8) is 0 Å². The van der Waals surface area contributed by atoms with E-state index in [9.17, 15) is 18.0 Å². The van der Waals surface area contributed by atoms with Gasteiger partial charge >= 0.3 is 5.97 Å². The highest BCUT2D eigenvalue weighted by atomic mass is 79.9. The molecule has 0 N–H and O–H groups in total. The Morgan fingerprint density at radius 1 is 1.12 bits per heavy atom. The van der Waals surface area contributed by atoms with Gasteiger partial charge in [-0.15, -0.1) is 5.10 Å². The van der Waals surface area contributed by atoms with Crippen molar-refractivity contribution >= 4 is 37.6 Å². The summed E-state index contributed by atoms with van der Waals surface area (Å²) >= 11 is 3.18. The first-order valence-corrected chi connectivity index (χ1v) is 13.1. The molecule has 2 aromatic carbocycles. The van der Waals surface area contributed by atoms with Gasteiger partial charge in [-0.25, -0.2) is 13.2 Å². The van der Waals surface area contributed by atoms with Crippen molar-refractivity contribution in [3.8, 4) is 0 Å². The van der Waals surface area contributed by atoms with Gasteiger partial charge in [0, 0.05) is 6.20 Å². The van der Waals surface area contributed by atoms with Crippen molar-refractivity contribution in [2.75, 3.05) is 0 Å². The Bertz CT molecular complexity index is 1280. The number of carbonyl (C=O) groups is 2. The number of β-lactam (4-membered cyclic amide) rings is 1. The molecule has 11 heteroatoms. The number of carbonyl (C=O) groups excluding carboxylic acids is 2. The van der Waals surface area contributed by atoms with E-state index in [-0.39, 0.29) is 6.54 Å². The lowest BCUT2D eigenvalue weighted by Gasteiger charge is -2.40. The Labute approximate surface area is 204 Å². The van der Waals surface area contributed by atoms with Gasteiger partial charge in [0.2, 0.25) is 5.91 Å². The Hall–Kier alpha value is -3.05. The van der Waals surface area contributed by atoms with E-state index >= 15 is 0 Å². The van der Waals surface area contributed by atoms with Crippen molar-refractivity contribution in [1.29, 1.82) is 0 Å². The topological polar surface area (TPSA) is 111 Å². The smallest absolute Gasteiger partial charge is 0.331 e. The number of aromatic nitrogens is 3. The lowest BCUT2D eigenvalue weighted by Crippen LogP contribution is -2.64. The monoisotopic (exact) mass is 544 g/mol. The Balaban J connectivity index is 1.55. The van der Waals surface area contributed by atoms with E-state index in [2.05, 4.69) is 26.2 Å². The third kappa shape index (κ3) is 3.37. The number of amides is 1. The summed E-state index contributed by atoms with van der Waals surface area (Å²) in [6, 6.07) is 17.0. The zero-order valence-corrected chi connectivity index (χ0v) is 20.5. The number of rotatable bonds is 6. The number of hydrogen-bond donors (Lipinski definition) is 0. The predicted octanol–water partition coefficient (Wildman–Crippen LogP) is 2.10. The van der Waals surface area contributed by atoms with Crippen LogP contribution in [0.1, 0.15) is 24.2 Å². The second-order valence-corrected chi connectivity index (χ2v) is 12.0. The molecule has 2 fully saturated rings. The van der Waals surface area contributed by atoms with Crippen LogP contribution in [-0.4, -0.2) is 61.2 Å². The van der Waals surface area contributed by atoms with Gasteiger partial charge in [0.15, 0.2) is 27.4 Å². The van der Waals surface area contributed by atoms with Crippen LogP contribution in [0.5, 0.6) is 0 Å². The molecule has 5 rings (SSSR count). The first-order chi connectivity index (χ1) is 16.3. The van der Waals surface area contributed by atoms with Gasteiger partial charge in [-0.2, -0.15) is 0 Å². The zero-order chi connectivity index (χ0) is 24.1. The Kier molecular flexibility index (Phi) is 5.56. The largest absolute Gasteiger partial charge is 0.451 e. The van der Waals surface area contributed by atoms with Gasteiger partial charge in [0.25, 0.3) is 0 Å². The fraction of sp³-hybridized carbons (Fsp3) is 0.304. The van der Waals surface area contributed by atoms with E-state index < -0.39 is 48.8 Å². The first-order valence-electron chi connectivity index (χ1n) is 10.6. The van der Waals surface area contributed by atoms with Crippen LogP contribution in [0.2, 0.25) is 0 Å². The quantitative estimate of drug-likeness (QED) is 0.265. The summed E-state index contributed by atoms with van der Waals surface area (Å²) in [6.45, 7) is 1.30. The average molecular weight is 545 g/mol. The van der Waals surface area contributed by atoms with Gasteiger partial charge in [-0.3, -0.25) is 9.48 Å². The molecule has 34 heavy (non-hydrogen) atoms. The molecule has 0 unspecified atom stereocenters. The number of fused-ring (bicyclic) bond motifs is 1. The van der Waals surface area contributed by atoms with Crippen LogP contribution in [-0.2, 0) is 30.7 Å². The number of halogens is 1. The van der Waals surface area contributed by atoms with Crippen LogP contribution in [0.25, 0.3) is 0 Å². The second kappa shape index (κ2) is 8.31. The summed E-state index contributed by atoms with van der Waals surface area (Å²) in [5.41, 5.74) is 1.46. The molecule has 0 bridgehead atoms. The van der Waals surface area contributed by atoms with Crippen LogP contribution in [0.4, 0.5) is 0 Å². The summed E-state index contributed by atoms with van der Waals surface area (Å²) in [5.74, 6) is -1.26. The van der Waals surface area contributed by atoms with Crippen LogP contribution in [0.3, 0.4) is 0 Å². The average Bonchev–Trinajstić information content (AvgIpc) is 3.40. The third-order valence-electron chi connectivity index (χ3n) is 6.45. The van der Waals surface area contributed by atoms with Crippen LogP contribution in [0.15, 0.2) is 73.1 Å². The summed E-state index contributed by atoms with van der Waals surface area (Å²) in [6.07, 6.45) is 2.17. The number of sulfone groups is 1. The standard InChI is InChI=1S/C23H21BrN4O5S/c1-23(14-27-13-12-25-26-27)19(28-20(29)17(24)21(28)34(23,31)32)22(30)33-18(15-8-4-2-5-9-15)16-10-6-3-7-11-16/h2-13,17-19,21H,14H2,1H3/t17-,19+,21-,23+/m1/s1. The van der Waals surface area contributed by atoms with Gasteiger partial charge in [0.1, 0.15) is 9.57 Å². The Morgan fingerprint density at radius 2 is 1.71 bits per heavy atom. The predicted molar refractivity (Wildman–Crippen MR) is 125 cm³/mol. The van der Waals surface area contributed by atoms with E-state index in [4.69, 9.17) is 4.74 Å². The van der Waals surface area contributed by atoms with Gasteiger partial charge in [-0.05, 0) is 18.1 Å². The van der Waals surface area contributed by atoms with Crippen molar-refractivity contribution in [3.05, 3.63) is 84.2 Å². The maximum Gasteiger partial charge on any atom is 0.331 e. The third-order valence-corrected chi connectivity index (χ3v) is 10.5. The van der Waals surface area contributed by atoms with Gasteiger partial charge < -0.3 is 9.64 Å². The highest BCUT2D eigenvalue weighted by Gasteiger charge is 2.73. The summed E-state index contributed by atoms with van der Waals surface area (Å²) in [5, 5.41) is 6.47. The van der Waals surface area contributed by atoms with Crippen LogP contribution >= 0.6 is 15.9 Å². The number of ether oxygens (including phenoxy) is 1. The van der Waals surface area contributed by atoms with E-state index in [0.717, 1.165) is 16.0 Å². The molecular weight excluding hydrogens is 524 g/mol. The van der Waals surface area contributed by atoms with E-state index in [1.807, 2.05) is 60.7 Å². The molecule has 2 aliphatic rings. The second-order valence-electron chi connectivity index (χ2n) is 8.54. The molecule has 0 radical (unpaired) electrons. The maximum atomic E-state index is 13.7. The summed E-state index contributed by atoms with van der Waals surface area (Å²) in [7, 11) is -3.98. The van der Waals surface area contributed by atoms with Crippen LogP contribution < -0.4 is 0 Å². The maximum absolute atomic E-state index is 13.7. The molecular formula is C23H21BrN4O5S. The number of alkyl halides is 1. The molecule has 0 spiro atoms. The lowest BCUT2D eigenvalue weighted by atomic mass is 9.95. The number of benzene rings is 2. The molecule has 9 nitrogen and oxygen atoms in total. The van der Waals surface area contributed by atoms with E-state index in [1.54, 1.807) is 0 Å². The number of hydrogen-bond acceptors (Lipinski definition) is 7. The van der Waals surface area contributed by atoms with Gasteiger partial charge in [0.05, 0.1) is 12.7 Å². The lowest BCUT2D eigenvalue weighted by molar-refractivity contribution is -0.163. The highest BCUT2D eigenvalue weighted by Crippen LogP contribution is 2.49. The fourth-order valence-electron chi connectivity index (χ4n) is 4.70. The van der Waals surface area contributed by atoms with Crippen molar-refractivity contribution in [2.45, 2.75) is 40.6 Å². The zero-order valence-electron chi connectivity index (χ0n) is 18.1. The summed E-state index contributed by atoms with van der Waals surface area (Å²) < 4.78 is 32.9. The van der Waals surface area contributed by atoms with Crippen LogP contribution in [0, 0.1) is 0 Å². The van der Waals surface area contributed by atoms with Crippen molar-refractivity contribution in [1.82, 2.24) is 19.9 Å². The molecule has 176 valence electrons. The minimum absolute atomic E-state index is 0.156. The molecule has 1 aromatic heterocycles. The number of nitrogens with zero attached hydrogens (tertiary/aromatic N) is 4. The minimum atomic E-state index is -3.98.